The summed E-state index contributed by atoms with van der Waals surface area (Å²) in [7, 11) is 0. The number of hydrogen-bond donors (Lipinski definition) is 1. The third-order valence-electron chi connectivity index (χ3n) is 6.06. The zero-order chi connectivity index (χ0) is 20.6. The van der Waals surface area contributed by atoms with Crippen molar-refractivity contribution < 1.29 is 4.79 Å². The number of carbonyl (C=O) groups excluding carboxylic acids is 1. The van der Waals surface area contributed by atoms with E-state index in [-0.39, 0.29) is 11.8 Å². The summed E-state index contributed by atoms with van der Waals surface area (Å²) in [4.78, 5) is 17.7. The van der Waals surface area contributed by atoms with Crippen molar-refractivity contribution in [2.75, 3.05) is 5.32 Å². The molecule has 0 fully saturated rings. The molecule has 5 rings (SSSR count). The van der Waals surface area contributed by atoms with E-state index in [1.807, 2.05) is 29.6 Å². The Morgan fingerprint density at radius 2 is 1.73 bits per heavy atom. The normalized spacial score (nSPS) is 20.0. The second-order valence-corrected chi connectivity index (χ2v) is 8.90. The summed E-state index contributed by atoms with van der Waals surface area (Å²) in [5.74, 6) is 0.00101. The number of thiazole rings is 1. The van der Waals surface area contributed by atoms with Crippen molar-refractivity contribution in [2.45, 2.75) is 19.3 Å². The summed E-state index contributed by atoms with van der Waals surface area (Å²) in [5.41, 5.74) is 5.41. The first-order valence-electron chi connectivity index (χ1n) is 10.1. The van der Waals surface area contributed by atoms with E-state index in [2.05, 4.69) is 71.8 Å². The van der Waals surface area contributed by atoms with Gasteiger partial charge in [-0.25, -0.2) is 4.98 Å². The second kappa shape index (κ2) is 7.54. The van der Waals surface area contributed by atoms with Crippen molar-refractivity contribution in [1.29, 1.82) is 0 Å². The minimum absolute atomic E-state index is 0.0164. The Morgan fingerprint density at radius 3 is 2.43 bits per heavy atom. The Balaban J connectivity index is 1.60. The van der Waals surface area contributed by atoms with Crippen molar-refractivity contribution in [1.82, 2.24) is 4.98 Å². The summed E-state index contributed by atoms with van der Waals surface area (Å²) in [5, 5.41) is 5.58. The van der Waals surface area contributed by atoms with Crippen LogP contribution in [0.15, 0.2) is 90.4 Å². The van der Waals surface area contributed by atoms with Gasteiger partial charge < -0.3 is 5.32 Å². The number of carbonyl (C=O) groups is 1. The molecule has 1 heterocycles. The van der Waals surface area contributed by atoms with E-state index in [1.165, 1.54) is 39.2 Å². The molecule has 1 aliphatic carbocycles. The van der Waals surface area contributed by atoms with Crippen molar-refractivity contribution in [2.24, 2.45) is 5.41 Å². The number of fused-ring (bicyclic) bond motifs is 1. The maximum absolute atomic E-state index is 13.5. The molecule has 1 amide bonds. The van der Waals surface area contributed by atoms with E-state index >= 15 is 0 Å². The minimum Gasteiger partial charge on any atom is -0.301 e. The highest BCUT2D eigenvalue weighted by atomic mass is 32.1. The average molecular weight is 411 g/mol. The zero-order valence-electron chi connectivity index (χ0n) is 16.7. The van der Waals surface area contributed by atoms with E-state index in [9.17, 15) is 4.79 Å². The molecule has 148 valence electrons. The van der Waals surface area contributed by atoms with Crippen LogP contribution < -0.4 is 5.32 Å². The van der Waals surface area contributed by atoms with Crippen molar-refractivity contribution in [3.63, 3.8) is 0 Å². The molecule has 3 nitrogen and oxygen atoms in total. The highest BCUT2D eigenvalue weighted by Crippen LogP contribution is 2.52. The Morgan fingerprint density at radius 1 is 1.00 bits per heavy atom. The topological polar surface area (TPSA) is 42.0 Å². The van der Waals surface area contributed by atoms with Gasteiger partial charge in [-0.15, -0.1) is 11.3 Å². The minimum atomic E-state index is -0.593. The SMILES string of the molecule is CC1(C(=O)Nc2nccs2)Cc2ccc(-c3ccccc3)cc2C1c1ccccc1. The average Bonchev–Trinajstić information content (AvgIpc) is 3.40. The lowest BCUT2D eigenvalue weighted by Gasteiger charge is -2.31. The molecule has 2 unspecified atom stereocenters. The first-order valence-corrected chi connectivity index (χ1v) is 11.0. The molecule has 1 N–H and O–H groups in total. The molecule has 3 aromatic carbocycles. The molecular formula is C26H22N2OS. The van der Waals surface area contributed by atoms with Crippen LogP contribution in [-0.4, -0.2) is 10.9 Å². The number of anilines is 1. The molecule has 4 aromatic rings. The summed E-state index contributed by atoms with van der Waals surface area (Å²) in [6.45, 7) is 2.08. The van der Waals surface area contributed by atoms with Crippen LogP contribution >= 0.6 is 11.3 Å². The van der Waals surface area contributed by atoms with E-state index in [0.29, 0.717) is 11.6 Å². The molecule has 0 bridgehead atoms. The number of nitrogens with one attached hydrogen (secondary N) is 1. The van der Waals surface area contributed by atoms with Crippen LogP contribution in [-0.2, 0) is 11.2 Å². The van der Waals surface area contributed by atoms with Gasteiger partial charge in [-0.05, 0) is 41.2 Å². The lowest BCUT2D eigenvalue weighted by atomic mass is 9.73. The predicted molar refractivity (Wildman–Crippen MR) is 123 cm³/mol. The highest BCUT2D eigenvalue weighted by Gasteiger charge is 2.48. The smallest absolute Gasteiger partial charge is 0.233 e. The molecular weight excluding hydrogens is 388 g/mol. The third kappa shape index (κ3) is 3.23. The van der Waals surface area contributed by atoms with Crippen LogP contribution in [0.5, 0.6) is 0 Å². The molecule has 0 saturated carbocycles. The summed E-state index contributed by atoms with van der Waals surface area (Å²) in [6, 6.07) is 27.4. The molecule has 1 aliphatic rings. The van der Waals surface area contributed by atoms with E-state index in [0.717, 1.165) is 0 Å². The highest BCUT2D eigenvalue weighted by molar-refractivity contribution is 7.13. The van der Waals surface area contributed by atoms with Crippen molar-refractivity contribution >= 4 is 22.4 Å². The van der Waals surface area contributed by atoms with Crippen LogP contribution in [0, 0.1) is 5.41 Å². The quantitative estimate of drug-likeness (QED) is 0.439. The van der Waals surface area contributed by atoms with Gasteiger partial charge in [-0.2, -0.15) is 0 Å². The van der Waals surface area contributed by atoms with Crippen LogP contribution in [0.1, 0.15) is 29.5 Å². The maximum atomic E-state index is 13.5. The van der Waals surface area contributed by atoms with Crippen molar-refractivity contribution in [3.05, 3.63) is 107 Å². The Hall–Kier alpha value is -3.24. The molecule has 0 radical (unpaired) electrons. The van der Waals surface area contributed by atoms with Crippen molar-refractivity contribution in [3.8, 4) is 11.1 Å². The van der Waals surface area contributed by atoms with Gasteiger partial charge in [-0.1, -0.05) is 78.9 Å². The molecule has 2 atom stereocenters. The Kier molecular flexibility index (Phi) is 4.72. The van der Waals surface area contributed by atoms with Crippen LogP contribution in [0.3, 0.4) is 0 Å². The first kappa shape index (κ1) is 18.8. The number of hydrogen-bond acceptors (Lipinski definition) is 3. The van der Waals surface area contributed by atoms with E-state index in [1.54, 1.807) is 6.20 Å². The number of nitrogens with zero attached hydrogens (tertiary/aromatic N) is 1. The Bertz CT molecular complexity index is 1170. The maximum Gasteiger partial charge on any atom is 0.233 e. The largest absolute Gasteiger partial charge is 0.301 e. The molecule has 0 aliphatic heterocycles. The number of amides is 1. The first-order chi connectivity index (χ1) is 14.6. The fraction of sp³-hybridized carbons (Fsp3) is 0.154. The van der Waals surface area contributed by atoms with Gasteiger partial charge in [0.2, 0.25) is 5.91 Å². The molecule has 30 heavy (non-hydrogen) atoms. The lowest BCUT2D eigenvalue weighted by molar-refractivity contribution is -0.125. The molecule has 0 saturated heterocycles. The van der Waals surface area contributed by atoms with E-state index < -0.39 is 5.41 Å². The monoisotopic (exact) mass is 410 g/mol. The van der Waals surface area contributed by atoms with Gasteiger partial charge in [-0.3, -0.25) is 4.79 Å². The van der Waals surface area contributed by atoms with Gasteiger partial charge >= 0.3 is 0 Å². The van der Waals surface area contributed by atoms with Crippen LogP contribution in [0.4, 0.5) is 5.13 Å². The van der Waals surface area contributed by atoms with Gasteiger partial charge in [0.1, 0.15) is 0 Å². The molecule has 0 spiro atoms. The third-order valence-corrected chi connectivity index (χ3v) is 6.75. The van der Waals surface area contributed by atoms with Gasteiger partial charge in [0.25, 0.3) is 0 Å². The summed E-state index contributed by atoms with van der Waals surface area (Å²) < 4.78 is 0. The lowest BCUT2D eigenvalue weighted by Crippen LogP contribution is -2.37. The molecule has 4 heteroatoms. The fourth-order valence-corrected chi connectivity index (χ4v) is 5.13. The van der Waals surface area contributed by atoms with Crippen LogP contribution in [0.2, 0.25) is 0 Å². The summed E-state index contributed by atoms with van der Waals surface area (Å²) in [6.07, 6.45) is 2.42. The Labute approximate surface area is 180 Å². The van der Waals surface area contributed by atoms with Crippen LogP contribution in [0.25, 0.3) is 11.1 Å². The number of rotatable bonds is 4. The van der Waals surface area contributed by atoms with Gasteiger partial charge in [0.05, 0.1) is 5.41 Å². The summed E-state index contributed by atoms with van der Waals surface area (Å²) >= 11 is 1.45. The van der Waals surface area contributed by atoms with E-state index in [4.69, 9.17) is 0 Å². The van der Waals surface area contributed by atoms with Gasteiger partial charge in [0.15, 0.2) is 5.13 Å². The second-order valence-electron chi connectivity index (χ2n) is 8.01. The number of aromatic nitrogens is 1. The molecule has 1 aromatic heterocycles. The van der Waals surface area contributed by atoms with Gasteiger partial charge in [0, 0.05) is 17.5 Å². The number of benzene rings is 3. The standard InChI is InChI=1S/C26H22N2OS/c1-26(24(29)28-25-27-14-15-30-25)17-21-13-12-20(18-8-4-2-5-9-18)16-22(21)23(26)19-10-6-3-7-11-19/h2-16,23H,17H2,1H3,(H,27,28,29). The fourth-order valence-electron chi connectivity index (χ4n) is 4.61. The predicted octanol–water partition coefficient (Wildman–Crippen LogP) is 6.14. The zero-order valence-corrected chi connectivity index (χ0v) is 17.5.